The van der Waals surface area contributed by atoms with Crippen molar-refractivity contribution in [3.8, 4) is 0 Å². The molecule has 0 aromatic heterocycles. The van der Waals surface area contributed by atoms with Gasteiger partial charge in [-0.05, 0) is 18.7 Å². The molecule has 0 aliphatic carbocycles. The Hall–Kier alpha value is -1.35. The number of hydrogen-bond donors (Lipinski definition) is 1. The third-order valence-corrected chi connectivity index (χ3v) is 2.85. The molecule has 0 saturated heterocycles. The Bertz CT molecular complexity index is 320. The van der Waals surface area contributed by atoms with Crippen LogP contribution < -0.4 is 5.32 Å². The van der Waals surface area contributed by atoms with Gasteiger partial charge in [0.25, 0.3) is 0 Å². The molecule has 3 nitrogen and oxygen atoms in total. The van der Waals surface area contributed by atoms with Crippen molar-refractivity contribution >= 4 is 5.91 Å². The fraction of sp³-hybridized carbons (Fsp3) is 0.500. The Morgan fingerprint density at radius 3 is 2.41 bits per heavy atom. The van der Waals surface area contributed by atoms with Crippen LogP contribution >= 0.6 is 0 Å². The van der Waals surface area contributed by atoms with E-state index in [1.54, 1.807) is 0 Å². The summed E-state index contributed by atoms with van der Waals surface area (Å²) in [6, 6.07) is 9.83. The SMILES string of the molecule is CCN(CC)CCNC(=O)Cc1ccccc1. The van der Waals surface area contributed by atoms with E-state index in [1.807, 2.05) is 30.3 Å². The predicted molar refractivity (Wildman–Crippen MR) is 70.9 cm³/mol. The maximum absolute atomic E-state index is 11.6. The molecular formula is C14H22N2O. The van der Waals surface area contributed by atoms with E-state index in [0.717, 1.165) is 31.7 Å². The number of carbonyl (C=O) groups excluding carboxylic acids is 1. The normalized spacial score (nSPS) is 10.5. The lowest BCUT2D eigenvalue weighted by Crippen LogP contribution is -2.35. The fourth-order valence-electron chi connectivity index (χ4n) is 1.74. The molecular weight excluding hydrogens is 212 g/mol. The lowest BCUT2D eigenvalue weighted by Gasteiger charge is -2.17. The number of carbonyl (C=O) groups is 1. The average Bonchev–Trinajstić information content (AvgIpc) is 2.36. The van der Waals surface area contributed by atoms with E-state index in [9.17, 15) is 4.79 Å². The van der Waals surface area contributed by atoms with Crippen LogP contribution in [0.15, 0.2) is 30.3 Å². The Balaban J connectivity index is 2.22. The molecule has 94 valence electrons. The lowest BCUT2D eigenvalue weighted by atomic mass is 10.1. The molecule has 0 atom stereocenters. The number of nitrogens with zero attached hydrogens (tertiary/aromatic N) is 1. The topological polar surface area (TPSA) is 32.3 Å². The molecule has 0 aliphatic rings. The summed E-state index contributed by atoms with van der Waals surface area (Å²) in [5.74, 6) is 0.100. The van der Waals surface area contributed by atoms with E-state index < -0.39 is 0 Å². The first-order chi connectivity index (χ1) is 8.26. The molecule has 0 spiro atoms. The Morgan fingerprint density at radius 1 is 1.18 bits per heavy atom. The molecule has 0 aliphatic heterocycles. The highest BCUT2D eigenvalue weighted by atomic mass is 16.1. The Labute approximate surface area is 104 Å². The minimum Gasteiger partial charge on any atom is -0.355 e. The number of amides is 1. The van der Waals surface area contributed by atoms with Crippen molar-refractivity contribution in [3.05, 3.63) is 35.9 Å². The maximum Gasteiger partial charge on any atom is 0.224 e. The van der Waals surface area contributed by atoms with Crippen molar-refractivity contribution in [2.75, 3.05) is 26.2 Å². The second-order valence-electron chi connectivity index (χ2n) is 4.04. The molecule has 1 amide bonds. The summed E-state index contributed by atoms with van der Waals surface area (Å²) < 4.78 is 0. The van der Waals surface area contributed by atoms with Crippen LogP contribution in [-0.2, 0) is 11.2 Å². The quantitative estimate of drug-likeness (QED) is 0.778. The second kappa shape index (κ2) is 7.85. The van der Waals surface area contributed by atoms with Crippen molar-refractivity contribution in [1.29, 1.82) is 0 Å². The van der Waals surface area contributed by atoms with Gasteiger partial charge >= 0.3 is 0 Å². The van der Waals surface area contributed by atoms with Gasteiger partial charge in [0.1, 0.15) is 0 Å². The maximum atomic E-state index is 11.6. The number of likely N-dealkylation sites (N-methyl/N-ethyl adjacent to an activating group) is 1. The van der Waals surface area contributed by atoms with Crippen LogP contribution in [0.4, 0.5) is 0 Å². The molecule has 1 N–H and O–H groups in total. The summed E-state index contributed by atoms with van der Waals surface area (Å²) in [6.07, 6.45) is 0.471. The van der Waals surface area contributed by atoms with Crippen LogP contribution in [0, 0.1) is 0 Å². The van der Waals surface area contributed by atoms with Gasteiger partial charge in [-0.3, -0.25) is 4.79 Å². The van der Waals surface area contributed by atoms with Crippen LogP contribution in [0.2, 0.25) is 0 Å². The summed E-state index contributed by atoms with van der Waals surface area (Å²) >= 11 is 0. The zero-order valence-electron chi connectivity index (χ0n) is 10.8. The molecule has 3 heteroatoms. The van der Waals surface area contributed by atoms with Gasteiger partial charge in [-0.15, -0.1) is 0 Å². The van der Waals surface area contributed by atoms with Crippen molar-refractivity contribution < 1.29 is 4.79 Å². The molecule has 0 bridgehead atoms. The van der Waals surface area contributed by atoms with E-state index in [1.165, 1.54) is 0 Å². The van der Waals surface area contributed by atoms with Crippen molar-refractivity contribution in [3.63, 3.8) is 0 Å². The average molecular weight is 234 g/mol. The van der Waals surface area contributed by atoms with Crippen molar-refractivity contribution in [2.45, 2.75) is 20.3 Å². The molecule has 1 aromatic carbocycles. The lowest BCUT2D eigenvalue weighted by molar-refractivity contribution is -0.120. The first kappa shape index (κ1) is 13.7. The zero-order chi connectivity index (χ0) is 12.5. The van der Waals surface area contributed by atoms with Gasteiger partial charge in [-0.25, -0.2) is 0 Å². The number of nitrogens with one attached hydrogen (secondary N) is 1. The largest absolute Gasteiger partial charge is 0.355 e. The first-order valence-corrected chi connectivity index (χ1v) is 6.29. The summed E-state index contributed by atoms with van der Waals surface area (Å²) in [6.45, 7) is 7.99. The number of rotatable bonds is 7. The van der Waals surface area contributed by atoms with Crippen LogP contribution in [0.5, 0.6) is 0 Å². The van der Waals surface area contributed by atoms with Crippen LogP contribution in [0.25, 0.3) is 0 Å². The minimum atomic E-state index is 0.100. The summed E-state index contributed by atoms with van der Waals surface area (Å²) in [5.41, 5.74) is 1.06. The number of benzene rings is 1. The highest BCUT2D eigenvalue weighted by molar-refractivity contribution is 5.78. The highest BCUT2D eigenvalue weighted by Crippen LogP contribution is 1.98. The molecule has 17 heavy (non-hydrogen) atoms. The van der Waals surface area contributed by atoms with Crippen molar-refractivity contribution in [2.24, 2.45) is 0 Å². The molecule has 0 heterocycles. The Kier molecular flexibility index (Phi) is 6.33. The van der Waals surface area contributed by atoms with Crippen LogP contribution in [-0.4, -0.2) is 37.0 Å². The van der Waals surface area contributed by atoms with E-state index in [2.05, 4.69) is 24.1 Å². The standard InChI is InChI=1S/C14H22N2O/c1-3-16(4-2)11-10-15-14(17)12-13-8-6-5-7-9-13/h5-9H,3-4,10-12H2,1-2H3,(H,15,17). The van der Waals surface area contributed by atoms with Crippen molar-refractivity contribution in [1.82, 2.24) is 10.2 Å². The van der Waals surface area contributed by atoms with Gasteiger partial charge in [0.15, 0.2) is 0 Å². The monoisotopic (exact) mass is 234 g/mol. The Morgan fingerprint density at radius 2 is 1.82 bits per heavy atom. The van der Waals surface area contributed by atoms with Gasteiger partial charge < -0.3 is 10.2 Å². The fourth-order valence-corrected chi connectivity index (χ4v) is 1.74. The van der Waals surface area contributed by atoms with E-state index in [0.29, 0.717) is 6.42 Å². The molecule has 1 rings (SSSR count). The van der Waals surface area contributed by atoms with E-state index in [-0.39, 0.29) is 5.91 Å². The minimum absolute atomic E-state index is 0.100. The summed E-state index contributed by atoms with van der Waals surface area (Å²) in [7, 11) is 0. The van der Waals surface area contributed by atoms with Crippen LogP contribution in [0.3, 0.4) is 0 Å². The summed E-state index contributed by atoms with van der Waals surface area (Å²) in [4.78, 5) is 13.9. The first-order valence-electron chi connectivity index (χ1n) is 6.29. The zero-order valence-corrected chi connectivity index (χ0v) is 10.8. The predicted octanol–water partition coefficient (Wildman–Crippen LogP) is 1.69. The van der Waals surface area contributed by atoms with Gasteiger partial charge in [-0.2, -0.15) is 0 Å². The van der Waals surface area contributed by atoms with E-state index >= 15 is 0 Å². The molecule has 0 saturated carbocycles. The smallest absolute Gasteiger partial charge is 0.224 e. The van der Waals surface area contributed by atoms with Crippen LogP contribution in [0.1, 0.15) is 19.4 Å². The van der Waals surface area contributed by atoms with Gasteiger partial charge in [0.05, 0.1) is 6.42 Å². The molecule has 1 aromatic rings. The highest BCUT2D eigenvalue weighted by Gasteiger charge is 2.03. The third-order valence-electron chi connectivity index (χ3n) is 2.85. The van der Waals surface area contributed by atoms with Gasteiger partial charge in [0, 0.05) is 13.1 Å². The van der Waals surface area contributed by atoms with Gasteiger partial charge in [-0.1, -0.05) is 44.2 Å². The molecule has 0 radical (unpaired) electrons. The molecule has 0 fully saturated rings. The van der Waals surface area contributed by atoms with Gasteiger partial charge in [0.2, 0.25) is 5.91 Å². The second-order valence-corrected chi connectivity index (χ2v) is 4.04. The number of hydrogen-bond acceptors (Lipinski definition) is 2. The summed E-state index contributed by atoms with van der Waals surface area (Å²) in [5, 5.41) is 2.95. The molecule has 0 unspecified atom stereocenters. The third kappa shape index (κ3) is 5.50. The van der Waals surface area contributed by atoms with E-state index in [4.69, 9.17) is 0 Å².